The predicted octanol–water partition coefficient (Wildman–Crippen LogP) is 7.42. The van der Waals surface area contributed by atoms with Crippen molar-refractivity contribution in [2.45, 2.75) is 87.5 Å². The highest BCUT2D eigenvalue weighted by atomic mass is 16.1. The summed E-state index contributed by atoms with van der Waals surface area (Å²) < 4.78 is 0. The molecule has 0 N–H and O–H groups in total. The molecule has 2 aliphatic rings. The molecular formula is C28H42O2. The van der Waals surface area contributed by atoms with Crippen molar-refractivity contribution in [1.29, 1.82) is 0 Å². The second-order valence-corrected chi connectivity index (χ2v) is 11.0. The van der Waals surface area contributed by atoms with Gasteiger partial charge in [-0.3, -0.25) is 9.59 Å². The molecule has 0 aromatic rings. The van der Waals surface area contributed by atoms with Crippen molar-refractivity contribution in [3.63, 3.8) is 0 Å². The Morgan fingerprint density at radius 2 is 1.50 bits per heavy atom. The minimum absolute atomic E-state index is 0.0550. The first kappa shape index (κ1) is 24.6. The molecule has 30 heavy (non-hydrogen) atoms. The molecule has 0 fully saturated rings. The average Bonchev–Trinajstić information content (AvgIpc) is 2.63. The molecule has 0 aliphatic heterocycles. The lowest BCUT2D eigenvalue weighted by molar-refractivity contribution is -0.123. The molecular weight excluding hydrogens is 368 g/mol. The van der Waals surface area contributed by atoms with Crippen LogP contribution in [0.2, 0.25) is 0 Å². The molecule has 3 unspecified atom stereocenters. The number of carbonyl (C=O) groups is 2. The summed E-state index contributed by atoms with van der Waals surface area (Å²) in [5.74, 6) is 0.448. The van der Waals surface area contributed by atoms with Crippen molar-refractivity contribution in [2.24, 2.45) is 28.6 Å². The van der Waals surface area contributed by atoms with E-state index in [1.165, 1.54) is 11.1 Å². The number of hydrogen-bond donors (Lipinski definition) is 0. The average molecular weight is 411 g/mol. The molecule has 0 heterocycles. The first-order valence-corrected chi connectivity index (χ1v) is 11.6. The Morgan fingerprint density at radius 3 is 2.00 bits per heavy atom. The molecule has 2 rings (SSSR count). The molecule has 0 aromatic heterocycles. The van der Waals surface area contributed by atoms with Crippen molar-refractivity contribution in [3.8, 4) is 0 Å². The zero-order valence-corrected chi connectivity index (χ0v) is 20.5. The fourth-order valence-electron chi connectivity index (χ4n) is 5.15. The Morgan fingerprint density at radius 1 is 1.00 bits per heavy atom. The van der Waals surface area contributed by atoms with E-state index in [-0.39, 0.29) is 34.7 Å². The standard InChI is InChI=1S/C28H42O2/c1-19-11-9-15-27(5,6)23(19)13-14-25(29)22(4)18-26(30)21(3)17-24-20(2)12-10-16-28(24,7)8/h11-14,17,22-24H,9-10,15-16,18H2,1-8H3/b14-13+,21-17?. The highest BCUT2D eigenvalue weighted by Gasteiger charge is 2.32. The van der Waals surface area contributed by atoms with E-state index in [9.17, 15) is 9.59 Å². The van der Waals surface area contributed by atoms with E-state index in [0.29, 0.717) is 11.8 Å². The van der Waals surface area contributed by atoms with E-state index in [4.69, 9.17) is 0 Å². The Balaban J connectivity index is 2.03. The second kappa shape index (κ2) is 9.62. The van der Waals surface area contributed by atoms with Gasteiger partial charge in [0.25, 0.3) is 0 Å². The fraction of sp³-hybridized carbons (Fsp3) is 0.643. The number of carbonyl (C=O) groups excluding carboxylic acids is 2. The molecule has 166 valence electrons. The van der Waals surface area contributed by atoms with Gasteiger partial charge in [0.15, 0.2) is 11.6 Å². The van der Waals surface area contributed by atoms with E-state index in [1.807, 2.05) is 13.8 Å². The summed E-state index contributed by atoms with van der Waals surface area (Å²) in [6, 6.07) is 0. The Kier molecular flexibility index (Phi) is 7.88. The van der Waals surface area contributed by atoms with Gasteiger partial charge < -0.3 is 0 Å². The summed E-state index contributed by atoms with van der Waals surface area (Å²) >= 11 is 0. The van der Waals surface area contributed by atoms with Crippen LogP contribution in [-0.4, -0.2) is 11.6 Å². The van der Waals surface area contributed by atoms with Crippen LogP contribution in [0.5, 0.6) is 0 Å². The van der Waals surface area contributed by atoms with Gasteiger partial charge in [-0.2, -0.15) is 0 Å². The van der Waals surface area contributed by atoms with Gasteiger partial charge in [-0.15, -0.1) is 0 Å². The third-order valence-corrected chi connectivity index (χ3v) is 7.46. The van der Waals surface area contributed by atoms with Crippen molar-refractivity contribution in [1.82, 2.24) is 0 Å². The van der Waals surface area contributed by atoms with Gasteiger partial charge in [0, 0.05) is 24.2 Å². The van der Waals surface area contributed by atoms with E-state index in [2.05, 4.69) is 65.8 Å². The monoisotopic (exact) mass is 410 g/mol. The van der Waals surface area contributed by atoms with Crippen molar-refractivity contribution >= 4 is 11.6 Å². The molecule has 0 radical (unpaired) electrons. The van der Waals surface area contributed by atoms with E-state index >= 15 is 0 Å². The summed E-state index contributed by atoms with van der Waals surface area (Å²) in [6.07, 6.45) is 15.3. The summed E-state index contributed by atoms with van der Waals surface area (Å²) in [4.78, 5) is 25.6. The van der Waals surface area contributed by atoms with Gasteiger partial charge >= 0.3 is 0 Å². The largest absolute Gasteiger partial charge is 0.295 e. The second-order valence-electron chi connectivity index (χ2n) is 11.0. The maximum atomic E-state index is 12.8. The number of Topliss-reactive ketones (excluding diaryl/α,β-unsaturated/α-hetero) is 1. The Bertz CT molecular complexity index is 785. The molecule has 0 spiro atoms. The summed E-state index contributed by atoms with van der Waals surface area (Å²) in [6.45, 7) is 17.2. The molecule has 0 amide bonds. The van der Waals surface area contributed by atoms with Crippen molar-refractivity contribution < 1.29 is 9.59 Å². The predicted molar refractivity (Wildman–Crippen MR) is 127 cm³/mol. The molecule has 2 heteroatoms. The van der Waals surface area contributed by atoms with Crippen molar-refractivity contribution in [2.75, 3.05) is 0 Å². The number of ketones is 2. The third kappa shape index (κ3) is 5.93. The minimum atomic E-state index is -0.288. The maximum Gasteiger partial charge on any atom is 0.159 e. The fourth-order valence-corrected chi connectivity index (χ4v) is 5.15. The van der Waals surface area contributed by atoms with E-state index in [1.54, 1.807) is 6.08 Å². The third-order valence-electron chi connectivity index (χ3n) is 7.46. The first-order chi connectivity index (χ1) is 13.8. The molecule has 0 saturated heterocycles. The van der Waals surface area contributed by atoms with Crippen LogP contribution in [0.1, 0.15) is 87.5 Å². The van der Waals surface area contributed by atoms with Crippen LogP contribution in [0, 0.1) is 28.6 Å². The lowest BCUT2D eigenvalue weighted by Crippen LogP contribution is -2.27. The summed E-state index contributed by atoms with van der Waals surface area (Å²) in [7, 11) is 0. The topological polar surface area (TPSA) is 34.1 Å². The molecule has 0 aromatic carbocycles. The smallest absolute Gasteiger partial charge is 0.159 e. The number of hydrogen-bond acceptors (Lipinski definition) is 2. The van der Waals surface area contributed by atoms with Crippen LogP contribution in [0.25, 0.3) is 0 Å². The van der Waals surface area contributed by atoms with Crippen LogP contribution in [0.4, 0.5) is 0 Å². The summed E-state index contributed by atoms with van der Waals surface area (Å²) in [5.41, 5.74) is 3.83. The number of rotatable bonds is 7. The van der Waals surface area contributed by atoms with Crippen LogP contribution in [-0.2, 0) is 9.59 Å². The molecule has 2 nitrogen and oxygen atoms in total. The highest BCUT2D eigenvalue weighted by molar-refractivity contribution is 6.00. The normalized spacial score (nSPS) is 27.4. The van der Waals surface area contributed by atoms with Crippen LogP contribution in [0.15, 0.2) is 47.1 Å². The first-order valence-electron chi connectivity index (χ1n) is 11.6. The quantitative estimate of drug-likeness (QED) is 0.323. The minimum Gasteiger partial charge on any atom is -0.295 e. The van der Waals surface area contributed by atoms with Crippen molar-refractivity contribution in [3.05, 3.63) is 47.1 Å². The Labute approximate surface area is 184 Å². The lowest BCUT2D eigenvalue weighted by atomic mass is 9.68. The molecule has 2 aliphatic carbocycles. The van der Waals surface area contributed by atoms with Gasteiger partial charge in [-0.05, 0) is 68.9 Å². The molecule has 0 bridgehead atoms. The summed E-state index contributed by atoms with van der Waals surface area (Å²) in [5, 5.41) is 0. The van der Waals surface area contributed by atoms with Crippen LogP contribution >= 0.6 is 0 Å². The van der Waals surface area contributed by atoms with Gasteiger partial charge in [-0.25, -0.2) is 0 Å². The lowest BCUT2D eigenvalue weighted by Gasteiger charge is -2.37. The molecule has 3 atom stereocenters. The highest BCUT2D eigenvalue weighted by Crippen LogP contribution is 2.43. The molecule has 0 saturated carbocycles. The van der Waals surface area contributed by atoms with Gasteiger partial charge in [0.2, 0.25) is 0 Å². The van der Waals surface area contributed by atoms with Gasteiger partial charge in [-0.1, -0.05) is 70.1 Å². The zero-order chi connectivity index (χ0) is 22.7. The van der Waals surface area contributed by atoms with Crippen LogP contribution in [0.3, 0.4) is 0 Å². The van der Waals surface area contributed by atoms with E-state index in [0.717, 1.165) is 31.3 Å². The van der Waals surface area contributed by atoms with Gasteiger partial charge in [0.05, 0.1) is 0 Å². The van der Waals surface area contributed by atoms with Crippen LogP contribution < -0.4 is 0 Å². The maximum absolute atomic E-state index is 12.8. The van der Waals surface area contributed by atoms with Gasteiger partial charge in [0.1, 0.15) is 0 Å². The Hall–Kier alpha value is -1.70. The number of allylic oxidation sites excluding steroid dienone is 8. The SMILES string of the molecule is CC(=CC1C(C)=CCCC1(C)C)C(=O)CC(C)C(=O)/C=C/C1C(C)=CCCC1(C)C. The van der Waals surface area contributed by atoms with E-state index < -0.39 is 0 Å². The zero-order valence-electron chi connectivity index (χ0n) is 20.5.